The minimum Gasteiger partial charge on any atom is -0.493 e. The van der Waals surface area contributed by atoms with Gasteiger partial charge >= 0.3 is 0 Å². The molecule has 1 aliphatic rings. The Morgan fingerprint density at radius 3 is 2.71 bits per heavy atom. The first-order valence-electron chi connectivity index (χ1n) is 11.7. The number of hydrogen-bond donors (Lipinski definition) is 2. The van der Waals surface area contributed by atoms with Gasteiger partial charge in [0.1, 0.15) is 5.75 Å². The van der Waals surface area contributed by atoms with Gasteiger partial charge in [0.25, 0.3) is 0 Å². The van der Waals surface area contributed by atoms with E-state index in [1.165, 1.54) is 56.6 Å². The summed E-state index contributed by atoms with van der Waals surface area (Å²) in [6.07, 6.45) is 5.92. The molecule has 1 aromatic rings. The normalized spacial score (nSPS) is 15.8. The topological polar surface area (TPSA) is 52.1 Å². The molecule has 2 rings (SSSR count). The number of nitrogens with one attached hydrogen (secondary N) is 2. The molecule has 1 aromatic carbocycles. The molecule has 0 bridgehead atoms. The van der Waals surface area contributed by atoms with E-state index in [1.54, 1.807) is 0 Å². The van der Waals surface area contributed by atoms with Gasteiger partial charge in [0.05, 0.1) is 6.61 Å². The van der Waals surface area contributed by atoms with Crippen LogP contribution >= 0.6 is 24.0 Å². The smallest absolute Gasteiger partial charge is 0.191 e. The summed E-state index contributed by atoms with van der Waals surface area (Å²) in [5, 5.41) is 6.90. The summed E-state index contributed by atoms with van der Waals surface area (Å²) < 4.78 is 6.06. The number of aliphatic imine (C=N–C) groups is 1. The third-order valence-electron chi connectivity index (χ3n) is 5.65. The zero-order valence-corrected chi connectivity index (χ0v) is 22.4. The van der Waals surface area contributed by atoms with E-state index < -0.39 is 0 Å². The minimum atomic E-state index is 0. The SMILES string of the molecule is CCCCCOc1cc(C)ccc1CNC(=NC)NCCCN1CCCN(C)CC1.I. The van der Waals surface area contributed by atoms with Crippen molar-refractivity contribution in [2.75, 3.05) is 60.0 Å². The van der Waals surface area contributed by atoms with Crippen molar-refractivity contribution in [3.8, 4) is 5.75 Å². The van der Waals surface area contributed by atoms with Gasteiger partial charge in [-0.25, -0.2) is 0 Å². The first kappa shape index (κ1) is 28.0. The highest BCUT2D eigenvalue weighted by molar-refractivity contribution is 14.0. The summed E-state index contributed by atoms with van der Waals surface area (Å²) in [4.78, 5) is 9.39. The van der Waals surface area contributed by atoms with E-state index in [9.17, 15) is 0 Å². The van der Waals surface area contributed by atoms with Gasteiger partial charge in [-0.1, -0.05) is 31.9 Å². The Hall–Kier alpha value is -1.06. The second-order valence-electron chi connectivity index (χ2n) is 8.37. The van der Waals surface area contributed by atoms with E-state index in [4.69, 9.17) is 4.74 Å². The lowest BCUT2D eigenvalue weighted by Gasteiger charge is -2.20. The van der Waals surface area contributed by atoms with Crippen LogP contribution in [0, 0.1) is 6.92 Å². The third-order valence-corrected chi connectivity index (χ3v) is 5.65. The van der Waals surface area contributed by atoms with Crippen molar-refractivity contribution in [1.29, 1.82) is 0 Å². The van der Waals surface area contributed by atoms with E-state index in [-0.39, 0.29) is 24.0 Å². The Bertz CT molecular complexity index is 640. The van der Waals surface area contributed by atoms with Crippen molar-refractivity contribution in [1.82, 2.24) is 20.4 Å². The molecule has 0 aliphatic carbocycles. The molecule has 1 heterocycles. The molecule has 0 saturated carbocycles. The highest BCUT2D eigenvalue weighted by Gasteiger charge is 2.11. The lowest BCUT2D eigenvalue weighted by molar-refractivity contribution is 0.274. The predicted octanol–water partition coefficient (Wildman–Crippen LogP) is 3.87. The Balaban J connectivity index is 0.00000480. The number of ether oxygens (including phenoxy) is 1. The number of aryl methyl sites for hydroxylation is 1. The van der Waals surface area contributed by atoms with E-state index in [0.29, 0.717) is 6.54 Å². The molecule has 7 heteroatoms. The lowest BCUT2D eigenvalue weighted by Crippen LogP contribution is -2.38. The molecule has 0 radical (unpaired) electrons. The van der Waals surface area contributed by atoms with Crippen LogP contribution in [0.25, 0.3) is 0 Å². The summed E-state index contributed by atoms with van der Waals surface area (Å²) in [6.45, 7) is 12.7. The van der Waals surface area contributed by atoms with Gasteiger partial charge in [0.15, 0.2) is 5.96 Å². The second kappa shape index (κ2) is 16.6. The van der Waals surface area contributed by atoms with Crippen molar-refractivity contribution in [3.63, 3.8) is 0 Å². The van der Waals surface area contributed by atoms with E-state index in [2.05, 4.69) is 64.5 Å². The van der Waals surface area contributed by atoms with Gasteiger partial charge < -0.3 is 25.2 Å². The fourth-order valence-corrected chi connectivity index (χ4v) is 3.71. The molecule has 0 unspecified atom stereocenters. The van der Waals surface area contributed by atoms with Crippen molar-refractivity contribution >= 4 is 29.9 Å². The third kappa shape index (κ3) is 11.4. The zero-order valence-electron chi connectivity index (χ0n) is 20.1. The number of benzene rings is 1. The molecular weight excluding hydrogens is 501 g/mol. The maximum absolute atomic E-state index is 6.06. The van der Waals surface area contributed by atoms with Crippen molar-refractivity contribution in [2.24, 2.45) is 4.99 Å². The lowest BCUT2D eigenvalue weighted by atomic mass is 10.1. The first-order valence-corrected chi connectivity index (χ1v) is 11.7. The predicted molar refractivity (Wildman–Crippen MR) is 143 cm³/mol. The Labute approximate surface area is 207 Å². The van der Waals surface area contributed by atoms with E-state index >= 15 is 0 Å². The van der Waals surface area contributed by atoms with Gasteiger partial charge in [-0.2, -0.15) is 0 Å². The summed E-state index contributed by atoms with van der Waals surface area (Å²) >= 11 is 0. The highest BCUT2D eigenvalue weighted by atomic mass is 127. The van der Waals surface area contributed by atoms with Crippen LogP contribution in [0.1, 0.15) is 50.2 Å². The molecule has 6 nitrogen and oxygen atoms in total. The molecule has 1 saturated heterocycles. The number of hydrogen-bond acceptors (Lipinski definition) is 4. The largest absolute Gasteiger partial charge is 0.493 e. The molecule has 0 spiro atoms. The highest BCUT2D eigenvalue weighted by Crippen LogP contribution is 2.20. The maximum Gasteiger partial charge on any atom is 0.191 e. The van der Waals surface area contributed by atoms with Crippen molar-refractivity contribution in [2.45, 2.75) is 52.5 Å². The van der Waals surface area contributed by atoms with Crippen LogP contribution in [0.3, 0.4) is 0 Å². The molecular formula is C24H44IN5O. The minimum absolute atomic E-state index is 0. The van der Waals surface area contributed by atoms with Crippen LogP contribution in [0.4, 0.5) is 0 Å². The van der Waals surface area contributed by atoms with Crippen LogP contribution in [0.2, 0.25) is 0 Å². The van der Waals surface area contributed by atoms with Gasteiger partial charge in [-0.3, -0.25) is 4.99 Å². The fraction of sp³-hybridized carbons (Fsp3) is 0.708. The second-order valence-corrected chi connectivity index (χ2v) is 8.37. The quantitative estimate of drug-likeness (QED) is 0.191. The molecule has 0 atom stereocenters. The number of guanidine groups is 1. The Morgan fingerprint density at radius 1 is 1.10 bits per heavy atom. The van der Waals surface area contributed by atoms with E-state index in [0.717, 1.165) is 44.2 Å². The van der Waals surface area contributed by atoms with Gasteiger partial charge in [0, 0.05) is 38.8 Å². The summed E-state index contributed by atoms with van der Waals surface area (Å²) in [5.74, 6) is 1.84. The summed E-state index contributed by atoms with van der Waals surface area (Å²) in [7, 11) is 4.05. The number of halogens is 1. The van der Waals surface area contributed by atoms with Crippen LogP contribution in [0.5, 0.6) is 5.75 Å². The average molecular weight is 546 g/mol. The number of rotatable bonds is 11. The van der Waals surface area contributed by atoms with Crippen LogP contribution in [-0.4, -0.2) is 75.7 Å². The zero-order chi connectivity index (χ0) is 21.6. The van der Waals surface area contributed by atoms with Gasteiger partial charge in [0.2, 0.25) is 0 Å². The number of unbranched alkanes of at least 4 members (excludes halogenated alkanes) is 2. The van der Waals surface area contributed by atoms with Gasteiger partial charge in [-0.15, -0.1) is 24.0 Å². The van der Waals surface area contributed by atoms with Crippen LogP contribution in [-0.2, 0) is 6.54 Å². The van der Waals surface area contributed by atoms with Crippen molar-refractivity contribution in [3.05, 3.63) is 29.3 Å². The standard InChI is InChI=1S/C24H43N5O.HI/c1-5-6-7-18-30-23-19-21(2)10-11-22(23)20-27-24(25-3)26-12-8-14-29-15-9-13-28(4)16-17-29;/h10-11,19H,5-9,12-18,20H2,1-4H3,(H2,25,26,27);1H. The summed E-state index contributed by atoms with van der Waals surface area (Å²) in [5.41, 5.74) is 2.40. The Morgan fingerprint density at radius 2 is 1.94 bits per heavy atom. The molecule has 31 heavy (non-hydrogen) atoms. The molecule has 2 N–H and O–H groups in total. The molecule has 0 amide bonds. The molecule has 1 fully saturated rings. The van der Waals surface area contributed by atoms with Crippen molar-refractivity contribution < 1.29 is 4.74 Å². The van der Waals surface area contributed by atoms with Crippen LogP contribution in [0.15, 0.2) is 23.2 Å². The number of nitrogens with zero attached hydrogens (tertiary/aromatic N) is 3. The summed E-state index contributed by atoms with van der Waals surface area (Å²) in [6, 6.07) is 6.43. The number of likely N-dealkylation sites (N-methyl/N-ethyl adjacent to an activating group) is 1. The maximum atomic E-state index is 6.06. The van der Waals surface area contributed by atoms with Crippen LogP contribution < -0.4 is 15.4 Å². The molecule has 178 valence electrons. The van der Waals surface area contributed by atoms with Gasteiger partial charge in [-0.05, 0) is 64.5 Å². The fourth-order valence-electron chi connectivity index (χ4n) is 3.71. The Kier molecular flexibility index (Phi) is 14.9. The molecule has 0 aromatic heterocycles. The van der Waals surface area contributed by atoms with E-state index in [1.807, 2.05) is 7.05 Å². The average Bonchev–Trinajstić information content (AvgIpc) is 2.96. The monoisotopic (exact) mass is 545 g/mol. The first-order chi connectivity index (χ1) is 14.6. The molecule has 1 aliphatic heterocycles.